The van der Waals surface area contributed by atoms with Gasteiger partial charge in [0.2, 0.25) is 10.8 Å². The molecule has 39 heavy (non-hydrogen) atoms. The third-order valence-corrected chi connectivity index (χ3v) is 7.15. The van der Waals surface area contributed by atoms with Crippen molar-refractivity contribution in [2.45, 2.75) is 74.4 Å². The number of imide groups is 1. The topological polar surface area (TPSA) is 161 Å². The van der Waals surface area contributed by atoms with E-state index in [0.29, 0.717) is 4.90 Å². The standard InChI is InChI=1S/C25H29NO12S/c1-13(27)26-20-18(37-24(26)32)11-25(23(31)33-5,39-17-9-7-6-8-10-17)38-22(20)21(36-16(4)30)19(35-15(3)29)12-34-14(2)28/h6-10,18-22H,11-12H2,1-5H3/t18?,19?,20?,21?,22?,25-/m1/s1. The maximum atomic E-state index is 13.3. The minimum Gasteiger partial charge on any atom is -0.466 e. The van der Waals surface area contributed by atoms with Crippen LogP contribution in [-0.2, 0) is 52.4 Å². The smallest absolute Gasteiger partial charge is 0.417 e. The van der Waals surface area contributed by atoms with Crippen LogP contribution in [0.2, 0.25) is 0 Å². The van der Waals surface area contributed by atoms with Crippen LogP contribution in [-0.4, -0.2) is 89.9 Å². The normalized spacial score (nSPS) is 25.4. The predicted octanol–water partition coefficient (Wildman–Crippen LogP) is 1.60. The molecule has 2 aliphatic rings. The van der Waals surface area contributed by atoms with Crippen molar-refractivity contribution in [2.75, 3.05) is 13.7 Å². The zero-order chi connectivity index (χ0) is 28.9. The minimum atomic E-state index is -1.85. The van der Waals surface area contributed by atoms with E-state index in [0.717, 1.165) is 51.5 Å². The van der Waals surface area contributed by atoms with Crippen LogP contribution in [0.1, 0.15) is 34.1 Å². The molecule has 2 fully saturated rings. The molecule has 0 aliphatic carbocycles. The van der Waals surface area contributed by atoms with Crippen LogP contribution >= 0.6 is 11.8 Å². The fourth-order valence-electron chi connectivity index (χ4n) is 4.50. The van der Waals surface area contributed by atoms with Crippen molar-refractivity contribution in [3.63, 3.8) is 0 Å². The van der Waals surface area contributed by atoms with Gasteiger partial charge in [-0.2, -0.15) is 0 Å². The number of carbonyl (C=O) groups is 6. The Morgan fingerprint density at radius 1 is 1.03 bits per heavy atom. The highest BCUT2D eigenvalue weighted by molar-refractivity contribution is 8.01. The Hall–Kier alpha value is -3.65. The van der Waals surface area contributed by atoms with Gasteiger partial charge in [0, 0.05) is 39.0 Å². The molecule has 2 aliphatic heterocycles. The molecule has 2 heterocycles. The molecule has 2 saturated heterocycles. The first kappa shape index (κ1) is 29.9. The summed E-state index contributed by atoms with van der Waals surface area (Å²) < 4.78 is 32.8. The third-order valence-electron chi connectivity index (χ3n) is 5.88. The Morgan fingerprint density at radius 2 is 1.67 bits per heavy atom. The zero-order valence-electron chi connectivity index (χ0n) is 21.9. The summed E-state index contributed by atoms with van der Waals surface area (Å²) in [6.07, 6.45) is -6.83. The highest BCUT2D eigenvalue weighted by Crippen LogP contribution is 2.48. The second-order valence-electron chi connectivity index (χ2n) is 8.77. The van der Waals surface area contributed by atoms with Crippen LogP contribution in [0.15, 0.2) is 35.2 Å². The molecule has 0 N–H and O–H groups in total. The molecule has 6 atom stereocenters. The molecule has 0 saturated carbocycles. The summed E-state index contributed by atoms with van der Waals surface area (Å²) in [6, 6.07) is 7.47. The first-order chi connectivity index (χ1) is 18.4. The van der Waals surface area contributed by atoms with E-state index in [-0.39, 0.29) is 6.42 Å². The maximum Gasteiger partial charge on any atom is 0.417 e. The molecule has 3 rings (SSSR count). The van der Waals surface area contributed by atoms with Crippen molar-refractivity contribution < 1.29 is 57.2 Å². The summed E-state index contributed by atoms with van der Waals surface area (Å²) in [4.78, 5) is 73.9. The first-order valence-electron chi connectivity index (χ1n) is 11.9. The van der Waals surface area contributed by atoms with E-state index in [2.05, 4.69) is 0 Å². The van der Waals surface area contributed by atoms with Gasteiger partial charge in [0.25, 0.3) is 0 Å². The zero-order valence-corrected chi connectivity index (χ0v) is 22.8. The van der Waals surface area contributed by atoms with Crippen LogP contribution < -0.4 is 0 Å². The second kappa shape index (κ2) is 12.5. The van der Waals surface area contributed by atoms with Gasteiger partial charge < -0.3 is 28.4 Å². The van der Waals surface area contributed by atoms with E-state index in [1.54, 1.807) is 30.3 Å². The number of hydrogen-bond acceptors (Lipinski definition) is 13. The molecule has 14 heteroatoms. The van der Waals surface area contributed by atoms with Gasteiger partial charge in [-0.05, 0) is 12.1 Å². The van der Waals surface area contributed by atoms with Crippen molar-refractivity contribution in [1.29, 1.82) is 0 Å². The van der Waals surface area contributed by atoms with E-state index in [9.17, 15) is 28.8 Å². The number of amides is 2. The van der Waals surface area contributed by atoms with Crippen LogP contribution in [0.5, 0.6) is 0 Å². The van der Waals surface area contributed by atoms with Gasteiger partial charge in [-0.3, -0.25) is 19.2 Å². The van der Waals surface area contributed by atoms with E-state index in [1.165, 1.54) is 0 Å². The molecule has 13 nitrogen and oxygen atoms in total. The average molecular weight is 568 g/mol. The summed E-state index contributed by atoms with van der Waals surface area (Å²) in [7, 11) is 1.15. The molecular formula is C25H29NO12S. The molecule has 0 aromatic heterocycles. The Bertz CT molecular complexity index is 1130. The van der Waals surface area contributed by atoms with Gasteiger partial charge >= 0.3 is 30.0 Å². The fourth-order valence-corrected chi connectivity index (χ4v) is 5.74. The first-order valence-corrected chi connectivity index (χ1v) is 12.7. The number of thioether (sulfide) groups is 1. The lowest BCUT2D eigenvalue weighted by Crippen LogP contribution is -2.65. The summed E-state index contributed by atoms with van der Waals surface area (Å²) in [5.74, 6) is -3.92. The Kier molecular flexibility index (Phi) is 9.56. The molecule has 1 aromatic carbocycles. The minimum absolute atomic E-state index is 0.231. The lowest BCUT2D eigenvalue weighted by Gasteiger charge is -2.46. The molecule has 2 amide bonds. The van der Waals surface area contributed by atoms with E-state index in [4.69, 9.17) is 28.4 Å². The Labute approximate surface area is 228 Å². The summed E-state index contributed by atoms with van der Waals surface area (Å²) in [5, 5.41) is 0. The molecular weight excluding hydrogens is 538 g/mol. The van der Waals surface area contributed by atoms with E-state index >= 15 is 0 Å². The Balaban J connectivity index is 2.18. The summed E-state index contributed by atoms with van der Waals surface area (Å²) in [6.45, 7) is 3.86. The quantitative estimate of drug-likeness (QED) is 0.313. The molecule has 0 radical (unpaired) electrons. The summed E-state index contributed by atoms with van der Waals surface area (Å²) in [5.41, 5.74) is 0. The van der Waals surface area contributed by atoms with Gasteiger partial charge in [-0.15, -0.1) is 0 Å². The highest BCUT2D eigenvalue weighted by Gasteiger charge is 2.63. The third kappa shape index (κ3) is 6.87. The number of carbonyl (C=O) groups excluding carboxylic acids is 6. The van der Waals surface area contributed by atoms with Gasteiger partial charge in [-0.25, -0.2) is 14.5 Å². The molecule has 1 aromatic rings. The second-order valence-corrected chi connectivity index (χ2v) is 10.1. The number of hydrogen-bond donors (Lipinski definition) is 0. The largest absolute Gasteiger partial charge is 0.466 e. The number of methoxy groups -OCH3 is 1. The van der Waals surface area contributed by atoms with Gasteiger partial charge in [-0.1, -0.05) is 30.0 Å². The monoisotopic (exact) mass is 567 g/mol. The number of rotatable bonds is 9. The van der Waals surface area contributed by atoms with Crippen LogP contribution in [0.4, 0.5) is 4.79 Å². The number of nitrogens with zero attached hydrogens (tertiary/aromatic N) is 1. The Morgan fingerprint density at radius 3 is 2.21 bits per heavy atom. The van der Waals surface area contributed by atoms with Gasteiger partial charge in [0.05, 0.1) is 7.11 Å². The molecule has 0 bridgehead atoms. The van der Waals surface area contributed by atoms with Crippen molar-refractivity contribution >= 4 is 47.6 Å². The number of esters is 4. The number of benzene rings is 1. The molecule has 5 unspecified atom stereocenters. The van der Waals surface area contributed by atoms with Crippen molar-refractivity contribution in [2.24, 2.45) is 0 Å². The van der Waals surface area contributed by atoms with Gasteiger partial charge in [0.1, 0.15) is 24.9 Å². The van der Waals surface area contributed by atoms with Gasteiger partial charge in [0.15, 0.2) is 12.2 Å². The number of ether oxygens (including phenoxy) is 6. The fraction of sp³-hybridized carbons (Fsp3) is 0.520. The van der Waals surface area contributed by atoms with Crippen LogP contribution in [0, 0.1) is 0 Å². The van der Waals surface area contributed by atoms with E-state index < -0.39 is 77.9 Å². The number of fused-ring (bicyclic) bond motifs is 1. The van der Waals surface area contributed by atoms with E-state index in [1.807, 2.05) is 0 Å². The predicted molar refractivity (Wildman–Crippen MR) is 131 cm³/mol. The summed E-state index contributed by atoms with van der Waals surface area (Å²) >= 11 is 0.963. The SMILES string of the molecule is COC(=O)[C@]1(Sc2ccccc2)CC2OC(=O)N(C(C)=O)C2C(C(OC(C)=O)C(COC(C)=O)OC(C)=O)O1. The van der Waals surface area contributed by atoms with Crippen molar-refractivity contribution in [3.05, 3.63) is 30.3 Å². The lowest BCUT2D eigenvalue weighted by atomic mass is 9.89. The van der Waals surface area contributed by atoms with Crippen molar-refractivity contribution in [1.82, 2.24) is 4.90 Å². The maximum absolute atomic E-state index is 13.3. The average Bonchev–Trinajstić information content (AvgIpc) is 3.20. The molecule has 0 spiro atoms. The van der Waals surface area contributed by atoms with Crippen LogP contribution in [0.3, 0.4) is 0 Å². The van der Waals surface area contributed by atoms with Crippen molar-refractivity contribution in [3.8, 4) is 0 Å². The van der Waals surface area contributed by atoms with Crippen LogP contribution in [0.25, 0.3) is 0 Å². The lowest BCUT2D eigenvalue weighted by molar-refractivity contribution is -0.219. The highest BCUT2D eigenvalue weighted by atomic mass is 32.2. The molecule has 212 valence electrons.